The summed E-state index contributed by atoms with van der Waals surface area (Å²) in [6.07, 6.45) is 1.33. The Balaban J connectivity index is 2.10. The quantitative estimate of drug-likeness (QED) is 0.352. The van der Waals surface area contributed by atoms with Crippen molar-refractivity contribution in [1.29, 1.82) is 0 Å². The van der Waals surface area contributed by atoms with Crippen LogP contribution in [0, 0.1) is 13.8 Å². The number of carbonyl (C=O) groups is 2. The van der Waals surface area contributed by atoms with Crippen LogP contribution in [0.1, 0.15) is 43.0 Å². The summed E-state index contributed by atoms with van der Waals surface area (Å²) in [6, 6.07) is 20.9. The highest BCUT2D eigenvalue weighted by Crippen LogP contribution is 2.26. The average molecular weight is 584 g/mol. The predicted molar refractivity (Wildman–Crippen MR) is 162 cm³/mol. The van der Waals surface area contributed by atoms with Gasteiger partial charge in [0, 0.05) is 23.5 Å². The van der Waals surface area contributed by atoms with Crippen LogP contribution < -0.4 is 9.62 Å². The molecule has 9 heteroatoms. The lowest BCUT2D eigenvalue weighted by atomic mass is 10.0. The molecule has 1 N–H and O–H groups in total. The molecule has 0 saturated heterocycles. The first kappa shape index (κ1) is 31.2. The third-order valence-corrected chi connectivity index (χ3v) is 7.90. The molecule has 0 radical (unpaired) electrons. The molecule has 0 bridgehead atoms. The molecule has 3 rings (SSSR count). The summed E-state index contributed by atoms with van der Waals surface area (Å²) in [4.78, 5) is 29.4. The van der Waals surface area contributed by atoms with E-state index in [1.54, 1.807) is 30.3 Å². The van der Waals surface area contributed by atoms with E-state index < -0.39 is 34.1 Å². The SMILES string of the molecule is Cc1cccc(N(CC(=O)N(Cc2cccc(Cl)c2)[C@H](Cc2ccccc2)C(=O)NC(C)(C)C)S(C)(=O)=O)c1C. The molecule has 3 aromatic carbocycles. The molecule has 1 atom stereocenters. The fraction of sp³-hybridized carbons (Fsp3) is 0.355. The van der Waals surface area contributed by atoms with Gasteiger partial charge in [0.15, 0.2) is 0 Å². The smallest absolute Gasteiger partial charge is 0.244 e. The van der Waals surface area contributed by atoms with Crippen molar-refractivity contribution in [2.75, 3.05) is 17.1 Å². The fourth-order valence-electron chi connectivity index (χ4n) is 4.44. The van der Waals surface area contributed by atoms with Gasteiger partial charge in [-0.3, -0.25) is 13.9 Å². The van der Waals surface area contributed by atoms with Crippen molar-refractivity contribution >= 4 is 39.1 Å². The Kier molecular flexibility index (Phi) is 10.0. The Morgan fingerprint density at radius 2 is 1.55 bits per heavy atom. The molecule has 40 heavy (non-hydrogen) atoms. The molecule has 3 aromatic rings. The number of halogens is 1. The summed E-state index contributed by atoms with van der Waals surface area (Å²) in [5, 5.41) is 3.51. The number of hydrogen-bond acceptors (Lipinski definition) is 4. The van der Waals surface area contributed by atoms with Crippen LogP contribution in [0.5, 0.6) is 0 Å². The normalized spacial score (nSPS) is 12.5. The van der Waals surface area contributed by atoms with Gasteiger partial charge in [-0.1, -0.05) is 66.2 Å². The van der Waals surface area contributed by atoms with Crippen molar-refractivity contribution in [3.05, 3.63) is 100 Å². The molecule has 0 aliphatic rings. The Morgan fingerprint density at radius 3 is 2.15 bits per heavy atom. The second-order valence-corrected chi connectivity index (χ2v) is 13.4. The van der Waals surface area contributed by atoms with Gasteiger partial charge in [0.1, 0.15) is 12.6 Å². The molecule has 0 aromatic heterocycles. The molecule has 0 aliphatic carbocycles. The molecule has 0 spiro atoms. The van der Waals surface area contributed by atoms with Crippen molar-refractivity contribution in [2.45, 2.75) is 59.2 Å². The van der Waals surface area contributed by atoms with Crippen LogP contribution in [0.2, 0.25) is 5.02 Å². The number of aryl methyl sites for hydroxylation is 1. The molecule has 7 nitrogen and oxygen atoms in total. The lowest BCUT2D eigenvalue weighted by molar-refractivity contribution is -0.140. The maximum atomic E-state index is 14.2. The molecule has 0 heterocycles. The number of hydrogen-bond donors (Lipinski definition) is 1. The van der Waals surface area contributed by atoms with Crippen LogP contribution in [-0.2, 0) is 32.6 Å². The number of nitrogens with one attached hydrogen (secondary N) is 1. The average Bonchev–Trinajstić information content (AvgIpc) is 2.85. The van der Waals surface area contributed by atoms with Gasteiger partial charge < -0.3 is 10.2 Å². The number of nitrogens with zero attached hydrogens (tertiary/aromatic N) is 2. The van der Waals surface area contributed by atoms with Gasteiger partial charge in [0.25, 0.3) is 0 Å². The molecular weight excluding hydrogens is 546 g/mol. The van der Waals surface area contributed by atoms with Gasteiger partial charge in [-0.25, -0.2) is 8.42 Å². The zero-order chi connectivity index (χ0) is 29.7. The summed E-state index contributed by atoms with van der Waals surface area (Å²) in [5.41, 5.74) is 3.13. The Bertz CT molecular complexity index is 1450. The molecule has 0 unspecified atom stereocenters. The van der Waals surface area contributed by atoms with Gasteiger partial charge in [-0.2, -0.15) is 0 Å². The lowest BCUT2D eigenvalue weighted by Crippen LogP contribution is -2.56. The van der Waals surface area contributed by atoms with E-state index in [0.717, 1.165) is 32.8 Å². The zero-order valence-electron chi connectivity index (χ0n) is 23.9. The summed E-state index contributed by atoms with van der Waals surface area (Å²) in [7, 11) is -3.83. The number of carbonyl (C=O) groups excluding carboxylic acids is 2. The maximum Gasteiger partial charge on any atom is 0.244 e. The van der Waals surface area contributed by atoms with E-state index >= 15 is 0 Å². The molecular formula is C31H38ClN3O4S. The molecule has 0 saturated carbocycles. The largest absolute Gasteiger partial charge is 0.350 e. The zero-order valence-corrected chi connectivity index (χ0v) is 25.5. The predicted octanol–water partition coefficient (Wildman–Crippen LogP) is 5.28. The third-order valence-electron chi connectivity index (χ3n) is 6.54. The summed E-state index contributed by atoms with van der Waals surface area (Å²) in [5.74, 6) is -0.833. The Hall–Kier alpha value is -3.36. The van der Waals surface area contributed by atoms with E-state index in [-0.39, 0.29) is 18.9 Å². The van der Waals surface area contributed by atoms with E-state index in [0.29, 0.717) is 10.7 Å². The summed E-state index contributed by atoms with van der Waals surface area (Å²) < 4.78 is 27.1. The monoisotopic (exact) mass is 583 g/mol. The number of amides is 2. The topological polar surface area (TPSA) is 86.8 Å². The van der Waals surface area contributed by atoms with Crippen molar-refractivity contribution in [1.82, 2.24) is 10.2 Å². The van der Waals surface area contributed by atoms with Crippen LogP contribution in [-0.4, -0.2) is 49.5 Å². The first-order valence-corrected chi connectivity index (χ1v) is 15.3. The van der Waals surface area contributed by atoms with Gasteiger partial charge in [-0.15, -0.1) is 0 Å². The highest BCUT2D eigenvalue weighted by molar-refractivity contribution is 7.92. The Labute approximate surface area is 243 Å². The standard InChI is InChI=1S/C31H38ClN3O4S/c1-22-12-10-17-27(23(22)2)35(40(6,38)39)21-29(36)34(20-25-15-11-16-26(32)18-25)28(30(37)33-31(3,4)5)19-24-13-8-7-9-14-24/h7-18,28H,19-21H2,1-6H3,(H,33,37)/t28-/m1/s1. The summed E-state index contributed by atoms with van der Waals surface area (Å²) in [6.45, 7) is 8.94. The molecule has 0 fully saturated rings. The van der Waals surface area contributed by atoms with Crippen LogP contribution in [0.15, 0.2) is 72.8 Å². The molecule has 2 amide bonds. The highest BCUT2D eigenvalue weighted by Gasteiger charge is 2.34. The second-order valence-electron chi connectivity index (χ2n) is 11.1. The second kappa shape index (κ2) is 12.9. The first-order chi connectivity index (χ1) is 18.7. The van der Waals surface area contributed by atoms with Crippen molar-refractivity contribution in [3.8, 4) is 0 Å². The van der Waals surface area contributed by atoms with Crippen LogP contribution in [0.3, 0.4) is 0 Å². The summed E-state index contributed by atoms with van der Waals surface area (Å²) >= 11 is 6.25. The van der Waals surface area contributed by atoms with Crippen LogP contribution >= 0.6 is 11.6 Å². The van der Waals surface area contributed by atoms with Crippen molar-refractivity contribution < 1.29 is 18.0 Å². The lowest BCUT2D eigenvalue weighted by Gasteiger charge is -2.35. The number of anilines is 1. The highest BCUT2D eigenvalue weighted by atomic mass is 35.5. The third kappa shape index (κ3) is 8.57. The van der Waals surface area contributed by atoms with Crippen molar-refractivity contribution in [2.24, 2.45) is 0 Å². The van der Waals surface area contributed by atoms with Gasteiger partial charge in [0.05, 0.1) is 11.9 Å². The van der Waals surface area contributed by atoms with Gasteiger partial charge in [-0.05, 0) is 75.1 Å². The number of benzene rings is 3. The fourth-order valence-corrected chi connectivity index (χ4v) is 5.55. The first-order valence-electron chi connectivity index (χ1n) is 13.1. The van der Waals surface area contributed by atoms with Crippen molar-refractivity contribution in [3.63, 3.8) is 0 Å². The molecule has 0 aliphatic heterocycles. The van der Waals surface area contributed by atoms with E-state index in [9.17, 15) is 18.0 Å². The maximum absolute atomic E-state index is 14.2. The minimum Gasteiger partial charge on any atom is -0.350 e. The minimum atomic E-state index is -3.83. The molecule has 214 valence electrons. The minimum absolute atomic E-state index is 0.0683. The number of rotatable bonds is 10. The van der Waals surface area contributed by atoms with Gasteiger partial charge >= 0.3 is 0 Å². The van der Waals surface area contributed by atoms with Gasteiger partial charge in [0.2, 0.25) is 21.8 Å². The van der Waals surface area contributed by atoms with E-state index in [1.807, 2.05) is 77.1 Å². The van der Waals surface area contributed by atoms with E-state index in [4.69, 9.17) is 11.6 Å². The van der Waals surface area contributed by atoms with Crippen LogP contribution in [0.25, 0.3) is 0 Å². The Morgan fingerprint density at radius 1 is 0.925 bits per heavy atom. The number of sulfonamides is 1. The van der Waals surface area contributed by atoms with E-state index in [1.165, 1.54) is 4.90 Å². The van der Waals surface area contributed by atoms with E-state index in [2.05, 4.69) is 5.32 Å². The van der Waals surface area contributed by atoms with Crippen LogP contribution in [0.4, 0.5) is 5.69 Å².